The van der Waals surface area contributed by atoms with E-state index < -0.39 is 35.7 Å². The average Bonchev–Trinajstić information content (AvgIpc) is 2.36. The van der Waals surface area contributed by atoms with Gasteiger partial charge in [0, 0.05) is 0 Å². The molecule has 0 saturated carbocycles. The minimum absolute atomic E-state index is 0.130. The van der Waals surface area contributed by atoms with Crippen molar-refractivity contribution in [2.24, 2.45) is 5.92 Å². The highest BCUT2D eigenvalue weighted by atomic mass is 19.4. The Kier molecular flexibility index (Phi) is 3.78. The van der Waals surface area contributed by atoms with Crippen molar-refractivity contribution >= 4 is 11.8 Å². The first-order valence-corrected chi connectivity index (χ1v) is 6.23. The lowest BCUT2D eigenvalue weighted by Crippen LogP contribution is -2.72. The summed E-state index contributed by atoms with van der Waals surface area (Å²) >= 11 is 0. The van der Waals surface area contributed by atoms with Crippen LogP contribution in [0.2, 0.25) is 0 Å². The van der Waals surface area contributed by atoms with Crippen LogP contribution in [0, 0.1) is 5.92 Å². The molecule has 0 aromatic heterocycles. The molecule has 2 amide bonds. The highest BCUT2D eigenvalue weighted by Gasteiger charge is 2.65. The fourth-order valence-electron chi connectivity index (χ4n) is 2.49. The monoisotopic (exact) mass is 318 g/mol. The number of phenols is 1. The number of rotatable bonds is 2. The number of hydrogen-bond acceptors (Lipinski definition) is 4. The first kappa shape index (κ1) is 16.1. The van der Waals surface area contributed by atoms with Gasteiger partial charge in [-0.2, -0.15) is 13.2 Å². The molecule has 3 atom stereocenters. The molecular formula is C13H13F3N2O4. The van der Waals surface area contributed by atoms with Crippen molar-refractivity contribution in [1.29, 1.82) is 0 Å². The second-order valence-electron chi connectivity index (χ2n) is 5.02. The molecule has 0 aliphatic carbocycles. The maximum atomic E-state index is 13.2. The second kappa shape index (κ2) is 5.16. The summed E-state index contributed by atoms with van der Waals surface area (Å²) in [4.78, 5) is 23.2. The van der Waals surface area contributed by atoms with Crippen molar-refractivity contribution < 1.29 is 33.0 Å². The molecule has 1 aromatic carbocycles. The predicted octanol–water partition coefficient (Wildman–Crippen LogP) is 1.20. The molecule has 0 unspecified atom stereocenters. The number of carbonyl (C=O) groups excluding carboxylic acids is 2. The lowest BCUT2D eigenvalue weighted by Gasteiger charge is -2.44. The average molecular weight is 318 g/mol. The lowest BCUT2D eigenvalue weighted by atomic mass is 9.79. The van der Waals surface area contributed by atoms with Gasteiger partial charge >= 0.3 is 12.2 Å². The summed E-state index contributed by atoms with van der Waals surface area (Å²) in [5, 5.41) is 22.7. The predicted molar refractivity (Wildman–Crippen MR) is 67.7 cm³/mol. The molecule has 1 aliphatic rings. The number of amides is 2. The van der Waals surface area contributed by atoms with Gasteiger partial charge < -0.3 is 20.8 Å². The van der Waals surface area contributed by atoms with Gasteiger partial charge in [0.2, 0.25) is 5.72 Å². The molecule has 120 valence electrons. The first-order valence-electron chi connectivity index (χ1n) is 6.23. The largest absolute Gasteiger partial charge is 0.508 e. The third kappa shape index (κ3) is 2.59. The number of Topliss-reactive ketones (excluding diaryl/α,β-unsaturated/α-hetero) is 1. The van der Waals surface area contributed by atoms with E-state index >= 15 is 0 Å². The van der Waals surface area contributed by atoms with E-state index in [9.17, 15) is 33.0 Å². The van der Waals surface area contributed by atoms with Crippen molar-refractivity contribution in [2.45, 2.75) is 24.9 Å². The van der Waals surface area contributed by atoms with Crippen LogP contribution in [-0.2, 0) is 4.79 Å². The molecular weight excluding hydrogens is 305 g/mol. The van der Waals surface area contributed by atoms with Crippen LogP contribution >= 0.6 is 0 Å². The van der Waals surface area contributed by atoms with E-state index in [0.717, 1.165) is 6.92 Å². The number of aromatic hydroxyl groups is 1. The van der Waals surface area contributed by atoms with Gasteiger partial charge in [0.1, 0.15) is 11.5 Å². The Morgan fingerprint density at radius 2 is 1.82 bits per heavy atom. The van der Waals surface area contributed by atoms with Crippen molar-refractivity contribution in [3.63, 3.8) is 0 Å². The molecule has 0 spiro atoms. The van der Waals surface area contributed by atoms with Crippen LogP contribution in [0.5, 0.6) is 5.75 Å². The normalized spacial score (nSPS) is 28.7. The molecule has 22 heavy (non-hydrogen) atoms. The molecule has 4 N–H and O–H groups in total. The van der Waals surface area contributed by atoms with Crippen LogP contribution in [-0.4, -0.2) is 33.9 Å². The Labute approximate surface area is 122 Å². The Morgan fingerprint density at radius 1 is 1.27 bits per heavy atom. The van der Waals surface area contributed by atoms with Gasteiger partial charge in [0.25, 0.3) is 0 Å². The van der Waals surface area contributed by atoms with Gasteiger partial charge in [-0.3, -0.25) is 4.79 Å². The smallest absolute Gasteiger partial charge is 0.437 e. The number of alkyl halides is 3. The number of nitrogens with one attached hydrogen (secondary N) is 2. The third-order valence-corrected chi connectivity index (χ3v) is 3.50. The Bertz CT molecular complexity index is 602. The summed E-state index contributed by atoms with van der Waals surface area (Å²) < 4.78 is 39.5. The fraction of sp³-hybridized carbons (Fsp3) is 0.385. The second-order valence-corrected chi connectivity index (χ2v) is 5.02. The number of aliphatic hydroxyl groups is 1. The molecule has 1 heterocycles. The summed E-state index contributed by atoms with van der Waals surface area (Å²) in [6.45, 7) is 0.897. The topological polar surface area (TPSA) is 98.7 Å². The maximum Gasteiger partial charge on any atom is 0.437 e. The zero-order valence-corrected chi connectivity index (χ0v) is 11.3. The fourth-order valence-corrected chi connectivity index (χ4v) is 2.49. The molecule has 0 radical (unpaired) electrons. The molecule has 1 fully saturated rings. The maximum absolute atomic E-state index is 13.2. The van der Waals surface area contributed by atoms with Crippen LogP contribution in [0.3, 0.4) is 0 Å². The van der Waals surface area contributed by atoms with Crippen molar-refractivity contribution in [1.82, 2.24) is 10.6 Å². The summed E-state index contributed by atoms with van der Waals surface area (Å²) in [5.41, 5.74) is -3.53. The van der Waals surface area contributed by atoms with Crippen LogP contribution in [0.25, 0.3) is 0 Å². The van der Waals surface area contributed by atoms with E-state index in [-0.39, 0.29) is 11.3 Å². The van der Waals surface area contributed by atoms with Crippen molar-refractivity contribution in [3.8, 4) is 5.75 Å². The van der Waals surface area contributed by atoms with E-state index in [1.54, 1.807) is 0 Å². The standard InChI is InChI=1S/C13H13F3N2O4/c1-6(19)9-10(7-2-4-8(20)5-3-7)17-11(21)18-12(9,22)13(14,15)16/h2-5,9-10,20,22H,1H3,(H2,17,18,21)/t9-,10+,12+/m0/s1. The molecule has 1 saturated heterocycles. The van der Waals surface area contributed by atoms with Gasteiger partial charge in [0.05, 0.1) is 12.0 Å². The summed E-state index contributed by atoms with van der Waals surface area (Å²) in [5.74, 6) is -3.06. The van der Waals surface area contributed by atoms with E-state index in [1.165, 1.54) is 29.6 Å². The van der Waals surface area contributed by atoms with Gasteiger partial charge in [-0.1, -0.05) is 12.1 Å². The Balaban J connectivity index is 2.54. The minimum atomic E-state index is -5.24. The first-order chi connectivity index (χ1) is 10.1. The molecule has 0 bridgehead atoms. The number of benzene rings is 1. The summed E-state index contributed by atoms with van der Waals surface area (Å²) in [6.07, 6.45) is -5.24. The number of urea groups is 1. The number of halogens is 3. The van der Waals surface area contributed by atoms with Gasteiger partial charge in [0.15, 0.2) is 0 Å². The van der Waals surface area contributed by atoms with E-state index in [4.69, 9.17) is 0 Å². The van der Waals surface area contributed by atoms with Crippen molar-refractivity contribution in [2.75, 3.05) is 0 Å². The van der Waals surface area contributed by atoms with E-state index in [1.807, 2.05) is 0 Å². The summed E-state index contributed by atoms with van der Waals surface area (Å²) in [7, 11) is 0. The van der Waals surface area contributed by atoms with Gasteiger partial charge in [-0.15, -0.1) is 0 Å². The zero-order valence-electron chi connectivity index (χ0n) is 11.3. The van der Waals surface area contributed by atoms with Gasteiger partial charge in [-0.05, 0) is 24.6 Å². The Hall–Kier alpha value is -2.29. The number of carbonyl (C=O) groups is 2. The highest BCUT2D eigenvalue weighted by molar-refractivity contribution is 5.86. The molecule has 2 rings (SSSR count). The van der Waals surface area contributed by atoms with Crippen LogP contribution in [0.15, 0.2) is 24.3 Å². The number of ketones is 1. The van der Waals surface area contributed by atoms with Crippen LogP contribution in [0.4, 0.5) is 18.0 Å². The summed E-state index contributed by atoms with van der Waals surface area (Å²) in [6, 6.07) is 2.28. The zero-order chi connectivity index (χ0) is 16.7. The quantitative estimate of drug-likeness (QED) is 0.658. The highest BCUT2D eigenvalue weighted by Crippen LogP contribution is 2.42. The van der Waals surface area contributed by atoms with Crippen molar-refractivity contribution in [3.05, 3.63) is 29.8 Å². The molecule has 1 aliphatic heterocycles. The third-order valence-electron chi connectivity index (χ3n) is 3.50. The Morgan fingerprint density at radius 3 is 2.27 bits per heavy atom. The molecule has 1 aromatic rings. The van der Waals surface area contributed by atoms with Crippen LogP contribution in [0.1, 0.15) is 18.5 Å². The van der Waals surface area contributed by atoms with E-state index in [2.05, 4.69) is 5.32 Å². The minimum Gasteiger partial charge on any atom is -0.508 e. The lowest BCUT2D eigenvalue weighted by molar-refractivity contribution is -0.290. The van der Waals surface area contributed by atoms with Gasteiger partial charge in [-0.25, -0.2) is 4.79 Å². The molecule has 9 heteroatoms. The SMILES string of the molecule is CC(=O)[C@H]1[C@@H](c2ccc(O)cc2)NC(=O)N[C@]1(O)C(F)(F)F. The number of phenolic OH excluding ortho intramolecular Hbond substituents is 1. The van der Waals surface area contributed by atoms with E-state index in [0.29, 0.717) is 0 Å². The van der Waals surface area contributed by atoms with Crippen LogP contribution < -0.4 is 10.6 Å². The molecule has 6 nitrogen and oxygen atoms in total. The number of hydrogen-bond donors (Lipinski definition) is 4.